The van der Waals surface area contributed by atoms with E-state index in [0.29, 0.717) is 6.42 Å². The fourth-order valence-electron chi connectivity index (χ4n) is 0.718. The second kappa shape index (κ2) is 6.22. The van der Waals surface area contributed by atoms with Gasteiger partial charge in [0.25, 0.3) is 0 Å². The largest absolute Gasteiger partial charge is 0.477 e. The molecular weight excluding hydrogens is 170 g/mol. The molecule has 0 radical (unpaired) electrons. The average molecular weight is 185 g/mol. The number of hydrogen-bond acceptors (Lipinski definition) is 3. The summed E-state index contributed by atoms with van der Waals surface area (Å²) in [7, 11) is 0. The Morgan fingerprint density at radius 3 is 2.69 bits per heavy atom. The molecule has 1 N–H and O–H groups in total. The van der Waals surface area contributed by atoms with Crippen LogP contribution in [-0.2, 0) is 9.63 Å². The van der Waals surface area contributed by atoms with Crippen LogP contribution >= 0.6 is 0 Å². The van der Waals surface area contributed by atoms with Gasteiger partial charge in [-0.3, -0.25) is 0 Å². The van der Waals surface area contributed by atoms with Crippen molar-refractivity contribution in [2.45, 2.75) is 20.3 Å². The van der Waals surface area contributed by atoms with Crippen molar-refractivity contribution < 1.29 is 14.7 Å². The highest BCUT2D eigenvalue weighted by molar-refractivity contribution is 6.35. The van der Waals surface area contributed by atoms with Gasteiger partial charge in [0, 0.05) is 6.42 Å². The van der Waals surface area contributed by atoms with E-state index < -0.39 is 5.97 Å². The van der Waals surface area contributed by atoms with E-state index in [0.717, 1.165) is 0 Å². The molecule has 0 saturated heterocycles. The highest BCUT2D eigenvalue weighted by Gasteiger charge is 2.11. The fraction of sp³-hybridized carbons (Fsp3) is 0.556. The third-order valence-corrected chi connectivity index (χ3v) is 1.22. The maximum Gasteiger partial charge on any atom is 0.353 e. The van der Waals surface area contributed by atoms with Gasteiger partial charge < -0.3 is 9.94 Å². The summed E-state index contributed by atoms with van der Waals surface area (Å²) in [6, 6.07) is 0. The van der Waals surface area contributed by atoms with Crippen LogP contribution in [0.1, 0.15) is 20.3 Å². The highest BCUT2D eigenvalue weighted by atomic mass is 16.6. The van der Waals surface area contributed by atoms with Crippen LogP contribution in [0.5, 0.6) is 0 Å². The molecule has 0 unspecified atom stereocenters. The summed E-state index contributed by atoms with van der Waals surface area (Å²) in [5, 5.41) is 12.2. The molecule has 0 aliphatic heterocycles. The Balaban J connectivity index is 4.14. The molecule has 4 heteroatoms. The molecule has 0 aromatic carbocycles. The summed E-state index contributed by atoms with van der Waals surface area (Å²) in [5.74, 6) is -0.778. The molecule has 0 rings (SSSR count). The Morgan fingerprint density at radius 1 is 1.69 bits per heavy atom. The van der Waals surface area contributed by atoms with Crippen LogP contribution in [0.15, 0.2) is 17.8 Å². The van der Waals surface area contributed by atoms with Gasteiger partial charge in [-0.2, -0.15) is 0 Å². The Kier molecular flexibility index (Phi) is 5.59. The topological polar surface area (TPSA) is 58.9 Å². The highest BCUT2D eigenvalue weighted by Crippen LogP contribution is 2.02. The van der Waals surface area contributed by atoms with Crippen molar-refractivity contribution in [1.82, 2.24) is 0 Å². The summed E-state index contributed by atoms with van der Waals surface area (Å²) in [6.07, 6.45) is 1.92. The van der Waals surface area contributed by atoms with Gasteiger partial charge >= 0.3 is 5.97 Å². The molecule has 13 heavy (non-hydrogen) atoms. The summed E-state index contributed by atoms with van der Waals surface area (Å²) >= 11 is 0. The normalized spacial score (nSPS) is 11.5. The van der Waals surface area contributed by atoms with Crippen LogP contribution in [-0.4, -0.2) is 23.4 Å². The standard InChI is InChI=1S/C9H15NO3/c1-4-5-13-10-8(9(11)12)6-7(2)3/h4,7H,1,5-6H2,2-3H3,(H,11,12). The van der Waals surface area contributed by atoms with Crippen molar-refractivity contribution in [3.63, 3.8) is 0 Å². The third-order valence-electron chi connectivity index (χ3n) is 1.22. The van der Waals surface area contributed by atoms with Crippen LogP contribution in [0.4, 0.5) is 0 Å². The molecule has 0 aromatic rings. The second-order valence-electron chi connectivity index (χ2n) is 3.03. The summed E-state index contributed by atoms with van der Waals surface area (Å²) in [4.78, 5) is 15.3. The molecule has 0 aromatic heterocycles. The molecule has 74 valence electrons. The first-order valence-corrected chi connectivity index (χ1v) is 4.11. The van der Waals surface area contributed by atoms with Gasteiger partial charge in [-0.1, -0.05) is 31.7 Å². The molecule has 0 saturated carbocycles. The van der Waals surface area contributed by atoms with E-state index in [-0.39, 0.29) is 18.2 Å². The van der Waals surface area contributed by atoms with Crippen LogP contribution in [0.3, 0.4) is 0 Å². The number of carbonyl (C=O) groups is 1. The Labute approximate surface area is 77.9 Å². The number of carboxylic acids is 1. The maximum absolute atomic E-state index is 10.6. The molecule has 0 aliphatic rings. The number of rotatable bonds is 6. The number of oxime groups is 1. The van der Waals surface area contributed by atoms with E-state index in [1.165, 1.54) is 6.08 Å². The molecule has 0 bridgehead atoms. The first-order chi connectivity index (χ1) is 6.07. The van der Waals surface area contributed by atoms with Crippen molar-refractivity contribution >= 4 is 11.7 Å². The quantitative estimate of drug-likeness (QED) is 0.296. The predicted octanol–water partition coefficient (Wildman–Crippen LogP) is 1.68. The van der Waals surface area contributed by atoms with Gasteiger partial charge in [0.2, 0.25) is 0 Å². The number of aliphatic carboxylic acids is 1. The SMILES string of the molecule is C=CCON=C(CC(C)C)C(=O)O. The zero-order valence-corrected chi connectivity index (χ0v) is 7.99. The van der Waals surface area contributed by atoms with Crippen LogP contribution < -0.4 is 0 Å². The van der Waals surface area contributed by atoms with Crippen molar-refractivity contribution in [3.8, 4) is 0 Å². The number of carboxylic acid groups (broad SMARTS) is 1. The zero-order chi connectivity index (χ0) is 10.3. The van der Waals surface area contributed by atoms with Gasteiger partial charge in [-0.25, -0.2) is 4.79 Å². The minimum atomic E-state index is -1.03. The molecule has 0 heterocycles. The van der Waals surface area contributed by atoms with Crippen molar-refractivity contribution in [2.75, 3.05) is 6.61 Å². The van der Waals surface area contributed by atoms with E-state index in [2.05, 4.69) is 11.7 Å². The van der Waals surface area contributed by atoms with E-state index in [1.54, 1.807) is 0 Å². The molecule has 0 atom stereocenters. The van der Waals surface area contributed by atoms with Crippen LogP contribution in [0, 0.1) is 5.92 Å². The molecule has 0 fully saturated rings. The number of nitrogens with zero attached hydrogens (tertiary/aromatic N) is 1. The van der Waals surface area contributed by atoms with Gasteiger partial charge in [0.05, 0.1) is 0 Å². The molecule has 4 nitrogen and oxygen atoms in total. The molecule has 0 aliphatic carbocycles. The lowest BCUT2D eigenvalue weighted by Gasteiger charge is -2.03. The Morgan fingerprint density at radius 2 is 2.31 bits per heavy atom. The molecule has 0 amide bonds. The smallest absolute Gasteiger partial charge is 0.353 e. The average Bonchev–Trinajstić information content (AvgIpc) is 2.02. The predicted molar refractivity (Wildman–Crippen MR) is 50.7 cm³/mol. The second-order valence-corrected chi connectivity index (χ2v) is 3.03. The van der Waals surface area contributed by atoms with Crippen molar-refractivity contribution in [1.29, 1.82) is 0 Å². The molecular formula is C9H15NO3. The minimum Gasteiger partial charge on any atom is -0.477 e. The van der Waals surface area contributed by atoms with Gasteiger partial charge in [-0.05, 0) is 5.92 Å². The molecule has 0 spiro atoms. The summed E-state index contributed by atoms with van der Waals surface area (Å²) in [5.41, 5.74) is 0.0526. The minimum absolute atomic E-state index is 0.0526. The summed E-state index contributed by atoms with van der Waals surface area (Å²) in [6.45, 7) is 7.50. The first-order valence-electron chi connectivity index (χ1n) is 4.11. The van der Waals surface area contributed by atoms with Gasteiger partial charge in [-0.15, -0.1) is 0 Å². The zero-order valence-electron chi connectivity index (χ0n) is 7.99. The lowest BCUT2D eigenvalue weighted by atomic mass is 10.1. The summed E-state index contributed by atoms with van der Waals surface area (Å²) < 4.78 is 0. The van der Waals surface area contributed by atoms with E-state index in [9.17, 15) is 4.79 Å². The van der Waals surface area contributed by atoms with E-state index in [1.807, 2.05) is 13.8 Å². The van der Waals surface area contributed by atoms with E-state index >= 15 is 0 Å². The van der Waals surface area contributed by atoms with Gasteiger partial charge in [0.1, 0.15) is 6.61 Å². The first kappa shape index (κ1) is 11.7. The monoisotopic (exact) mass is 185 g/mol. The van der Waals surface area contributed by atoms with E-state index in [4.69, 9.17) is 9.94 Å². The van der Waals surface area contributed by atoms with Crippen LogP contribution in [0.25, 0.3) is 0 Å². The number of hydrogen-bond donors (Lipinski definition) is 1. The van der Waals surface area contributed by atoms with Gasteiger partial charge in [0.15, 0.2) is 5.71 Å². The fourth-order valence-corrected chi connectivity index (χ4v) is 0.718. The van der Waals surface area contributed by atoms with Crippen molar-refractivity contribution in [2.24, 2.45) is 11.1 Å². The lowest BCUT2D eigenvalue weighted by Crippen LogP contribution is -2.16. The Bertz CT molecular complexity index is 209. The maximum atomic E-state index is 10.6. The Hall–Kier alpha value is -1.32. The lowest BCUT2D eigenvalue weighted by molar-refractivity contribution is -0.129. The third kappa shape index (κ3) is 5.90. The van der Waals surface area contributed by atoms with Crippen molar-refractivity contribution in [3.05, 3.63) is 12.7 Å². The van der Waals surface area contributed by atoms with Crippen LogP contribution in [0.2, 0.25) is 0 Å².